The van der Waals surface area contributed by atoms with Crippen LogP contribution >= 0.6 is 22.7 Å². The molecule has 1 saturated heterocycles. The average Bonchev–Trinajstić information content (AvgIpc) is 3.39. The topological polar surface area (TPSA) is 71.5 Å². The van der Waals surface area contributed by atoms with Gasteiger partial charge in [0, 0.05) is 0 Å². The van der Waals surface area contributed by atoms with E-state index < -0.39 is 0 Å². The molecule has 1 aromatic carbocycles. The summed E-state index contributed by atoms with van der Waals surface area (Å²) < 4.78 is 6.25. The largest absolute Gasteiger partial charge is 0.462 e. The molecule has 3 heterocycles. The molecule has 1 unspecified atom stereocenters. The molecule has 0 bridgehead atoms. The van der Waals surface area contributed by atoms with Gasteiger partial charge < -0.3 is 10.1 Å². The number of aromatic nitrogens is 1. The van der Waals surface area contributed by atoms with Crippen LogP contribution in [0.3, 0.4) is 0 Å². The van der Waals surface area contributed by atoms with Crippen LogP contribution in [0.25, 0.3) is 10.2 Å². The summed E-state index contributed by atoms with van der Waals surface area (Å²) in [5.74, 6) is -0.416. The Morgan fingerprint density at radius 2 is 2.14 bits per heavy atom. The summed E-state index contributed by atoms with van der Waals surface area (Å²) in [4.78, 5) is 32.1. The number of hydrogen-bond donors (Lipinski definition) is 1. The molecule has 6 nitrogen and oxygen atoms in total. The first kappa shape index (κ1) is 20.0. The summed E-state index contributed by atoms with van der Waals surface area (Å²) >= 11 is 2.97. The molecule has 0 spiro atoms. The number of fused-ring (bicyclic) bond motifs is 1. The van der Waals surface area contributed by atoms with Gasteiger partial charge >= 0.3 is 5.97 Å². The Hall–Kier alpha value is -2.29. The number of hydrogen-bond acceptors (Lipinski definition) is 7. The maximum absolute atomic E-state index is 12.7. The van der Waals surface area contributed by atoms with E-state index in [1.807, 2.05) is 31.2 Å². The van der Waals surface area contributed by atoms with Crippen LogP contribution < -0.4 is 5.32 Å². The number of nitrogens with one attached hydrogen (secondary N) is 1. The van der Waals surface area contributed by atoms with Crippen molar-refractivity contribution in [3.05, 3.63) is 45.8 Å². The first-order valence-electron chi connectivity index (χ1n) is 9.72. The van der Waals surface area contributed by atoms with Crippen molar-refractivity contribution in [2.75, 3.05) is 25.0 Å². The Labute approximate surface area is 177 Å². The molecule has 0 radical (unpaired) electrons. The minimum atomic E-state index is -0.342. The van der Waals surface area contributed by atoms with Gasteiger partial charge in [0.2, 0.25) is 5.91 Å². The van der Waals surface area contributed by atoms with Crippen molar-refractivity contribution in [2.24, 2.45) is 0 Å². The Morgan fingerprint density at radius 1 is 1.31 bits per heavy atom. The van der Waals surface area contributed by atoms with Gasteiger partial charge in [0.25, 0.3) is 0 Å². The number of thiophene rings is 1. The number of benzene rings is 1. The normalized spacial score (nSPS) is 17.0. The fourth-order valence-electron chi connectivity index (χ4n) is 3.63. The Morgan fingerprint density at radius 3 is 2.93 bits per heavy atom. The highest BCUT2D eigenvalue weighted by Crippen LogP contribution is 2.36. The fraction of sp³-hybridized carbons (Fsp3) is 0.381. The molecule has 1 atom stereocenters. The first-order chi connectivity index (χ1) is 14.0. The quantitative estimate of drug-likeness (QED) is 0.579. The van der Waals surface area contributed by atoms with Crippen LogP contribution in [0, 0.1) is 6.92 Å². The first-order valence-corrected chi connectivity index (χ1v) is 11.4. The van der Waals surface area contributed by atoms with Crippen LogP contribution in [0.5, 0.6) is 0 Å². The molecular formula is C21H23N3O3S2. The number of nitrogens with zero attached hydrogens (tertiary/aromatic N) is 2. The van der Waals surface area contributed by atoms with Gasteiger partial charge in [-0.1, -0.05) is 12.1 Å². The number of ether oxygens (including phenoxy) is 1. The zero-order chi connectivity index (χ0) is 20.4. The lowest BCUT2D eigenvalue weighted by Gasteiger charge is -2.21. The summed E-state index contributed by atoms with van der Waals surface area (Å²) in [5.41, 5.74) is 1.83. The second kappa shape index (κ2) is 8.61. The third kappa shape index (κ3) is 4.34. The van der Waals surface area contributed by atoms with E-state index >= 15 is 0 Å². The number of aryl methyl sites for hydroxylation is 1. The van der Waals surface area contributed by atoms with Gasteiger partial charge in [0.15, 0.2) is 0 Å². The number of para-hydroxylation sites is 1. The van der Waals surface area contributed by atoms with Crippen LogP contribution in [0.2, 0.25) is 0 Å². The molecule has 1 N–H and O–H groups in total. The second-order valence-corrected chi connectivity index (χ2v) is 9.15. The van der Waals surface area contributed by atoms with E-state index in [0.717, 1.165) is 35.5 Å². The molecule has 1 fully saturated rings. The molecular weight excluding hydrogens is 406 g/mol. The Bertz CT molecular complexity index is 1010. The zero-order valence-electron chi connectivity index (χ0n) is 16.4. The fourth-order valence-corrected chi connectivity index (χ4v) is 5.75. The van der Waals surface area contributed by atoms with E-state index in [-0.39, 0.29) is 17.9 Å². The van der Waals surface area contributed by atoms with Gasteiger partial charge in [-0.25, -0.2) is 9.78 Å². The summed E-state index contributed by atoms with van der Waals surface area (Å²) in [7, 11) is 0. The predicted octanol–water partition coefficient (Wildman–Crippen LogP) is 4.62. The minimum Gasteiger partial charge on any atom is -0.462 e. The van der Waals surface area contributed by atoms with Crippen LogP contribution in [0.15, 0.2) is 30.3 Å². The third-order valence-electron chi connectivity index (χ3n) is 4.95. The van der Waals surface area contributed by atoms with Crippen molar-refractivity contribution < 1.29 is 14.3 Å². The van der Waals surface area contributed by atoms with Gasteiger partial charge in [-0.15, -0.1) is 22.7 Å². The number of anilines is 1. The van der Waals surface area contributed by atoms with E-state index in [9.17, 15) is 9.59 Å². The number of esters is 1. The lowest BCUT2D eigenvalue weighted by atomic mass is 10.2. The van der Waals surface area contributed by atoms with Crippen molar-refractivity contribution in [3.63, 3.8) is 0 Å². The molecule has 1 aliphatic heterocycles. The highest BCUT2D eigenvalue weighted by molar-refractivity contribution is 7.18. The van der Waals surface area contributed by atoms with Crippen molar-refractivity contribution in [3.8, 4) is 0 Å². The van der Waals surface area contributed by atoms with E-state index in [0.29, 0.717) is 23.0 Å². The minimum absolute atomic E-state index is 0.0744. The maximum Gasteiger partial charge on any atom is 0.348 e. The van der Waals surface area contributed by atoms with Gasteiger partial charge in [0.05, 0.1) is 34.4 Å². The average molecular weight is 430 g/mol. The van der Waals surface area contributed by atoms with Gasteiger partial charge in [-0.3, -0.25) is 9.69 Å². The number of amides is 1. The van der Waals surface area contributed by atoms with Crippen LogP contribution in [0.4, 0.5) is 5.00 Å². The number of rotatable bonds is 6. The smallest absolute Gasteiger partial charge is 0.348 e. The highest BCUT2D eigenvalue weighted by Gasteiger charge is 2.30. The number of thiazole rings is 1. The number of carbonyl (C=O) groups excluding carboxylic acids is 2. The molecule has 4 rings (SSSR count). The zero-order valence-corrected chi connectivity index (χ0v) is 18.1. The summed E-state index contributed by atoms with van der Waals surface area (Å²) in [6, 6.07) is 10.1. The molecule has 0 saturated carbocycles. The predicted molar refractivity (Wildman–Crippen MR) is 117 cm³/mol. The van der Waals surface area contributed by atoms with Crippen molar-refractivity contribution in [1.82, 2.24) is 9.88 Å². The molecule has 3 aromatic rings. The molecule has 2 aromatic heterocycles. The molecule has 1 aliphatic rings. The van der Waals surface area contributed by atoms with Crippen LogP contribution in [0.1, 0.15) is 46.0 Å². The summed E-state index contributed by atoms with van der Waals surface area (Å²) in [6.45, 7) is 5.15. The summed E-state index contributed by atoms with van der Waals surface area (Å²) in [6.07, 6.45) is 2.07. The number of likely N-dealkylation sites (tertiary alicyclic amines) is 1. The van der Waals surface area contributed by atoms with Gasteiger partial charge in [-0.2, -0.15) is 0 Å². The Kier molecular flexibility index (Phi) is 5.94. The van der Waals surface area contributed by atoms with E-state index in [2.05, 4.69) is 16.3 Å². The van der Waals surface area contributed by atoms with E-state index in [1.165, 1.54) is 16.0 Å². The standard InChI is InChI=1S/C21H23N3O3S2/c1-3-27-21(26)19-13(2)11-18(29-19)23-17(25)12-24-10-6-8-15(24)20-22-14-7-4-5-9-16(14)28-20/h4-5,7,9,11,15H,3,6,8,10,12H2,1-2H3,(H,23,25). The SMILES string of the molecule is CCOC(=O)c1sc(NC(=O)CN2CCCC2c2nc3ccccc3s2)cc1C. The van der Waals surface area contributed by atoms with Gasteiger partial charge in [-0.05, 0) is 57.0 Å². The molecule has 29 heavy (non-hydrogen) atoms. The van der Waals surface area contributed by atoms with Crippen molar-refractivity contribution >= 4 is 49.8 Å². The molecule has 152 valence electrons. The molecule has 1 amide bonds. The third-order valence-corrected chi connectivity index (χ3v) is 7.22. The Balaban J connectivity index is 1.42. The highest BCUT2D eigenvalue weighted by atomic mass is 32.1. The lowest BCUT2D eigenvalue weighted by Crippen LogP contribution is -2.32. The maximum atomic E-state index is 12.7. The van der Waals surface area contributed by atoms with Crippen LogP contribution in [-0.2, 0) is 9.53 Å². The molecule has 0 aliphatic carbocycles. The lowest BCUT2D eigenvalue weighted by molar-refractivity contribution is -0.117. The van der Waals surface area contributed by atoms with Crippen molar-refractivity contribution in [1.29, 1.82) is 0 Å². The van der Waals surface area contributed by atoms with E-state index in [4.69, 9.17) is 9.72 Å². The number of carbonyl (C=O) groups is 2. The van der Waals surface area contributed by atoms with Crippen molar-refractivity contribution in [2.45, 2.75) is 32.7 Å². The second-order valence-electron chi connectivity index (χ2n) is 7.04. The van der Waals surface area contributed by atoms with Crippen LogP contribution in [-0.4, -0.2) is 41.5 Å². The summed E-state index contributed by atoms with van der Waals surface area (Å²) in [5, 5.41) is 4.69. The monoisotopic (exact) mass is 429 g/mol. The molecule has 8 heteroatoms. The van der Waals surface area contributed by atoms with Gasteiger partial charge in [0.1, 0.15) is 9.88 Å². The van der Waals surface area contributed by atoms with E-state index in [1.54, 1.807) is 18.3 Å².